The van der Waals surface area contributed by atoms with Gasteiger partial charge >= 0.3 is 0 Å². The number of hydrogen-bond acceptors (Lipinski definition) is 4. The predicted octanol–water partition coefficient (Wildman–Crippen LogP) is 4.74. The van der Waals surface area contributed by atoms with Crippen molar-refractivity contribution in [3.8, 4) is 5.75 Å². The van der Waals surface area contributed by atoms with Crippen LogP contribution in [0, 0.1) is 0 Å². The average molecular weight is 354 g/mol. The Morgan fingerprint density at radius 2 is 1.80 bits per heavy atom. The van der Waals surface area contributed by atoms with E-state index < -0.39 is 0 Å². The molecule has 0 radical (unpaired) electrons. The summed E-state index contributed by atoms with van der Waals surface area (Å²) >= 11 is 5.98. The number of anilines is 3. The van der Waals surface area contributed by atoms with Crippen LogP contribution in [0.15, 0.2) is 67.0 Å². The van der Waals surface area contributed by atoms with E-state index in [9.17, 15) is 4.79 Å². The van der Waals surface area contributed by atoms with E-state index in [2.05, 4.69) is 15.6 Å². The lowest BCUT2D eigenvalue weighted by Gasteiger charge is -2.09. The van der Waals surface area contributed by atoms with Crippen LogP contribution in [0.1, 0.15) is 10.4 Å². The van der Waals surface area contributed by atoms with Gasteiger partial charge in [0.15, 0.2) is 0 Å². The normalized spacial score (nSPS) is 10.2. The summed E-state index contributed by atoms with van der Waals surface area (Å²) in [5.74, 6) is 0.486. The first-order chi connectivity index (χ1) is 12.1. The van der Waals surface area contributed by atoms with Gasteiger partial charge in [-0.3, -0.25) is 9.78 Å². The molecule has 1 amide bonds. The minimum absolute atomic E-state index is 0.243. The average Bonchev–Trinajstić information content (AvgIpc) is 2.62. The predicted molar refractivity (Wildman–Crippen MR) is 99.9 cm³/mol. The molecule has 1 heterocycles. The van der Waals surface area contributed by atoms with E-state index in [1.165, 1.54) is 6.20 Å². The van der Waals surface area contributed by atoms with Crippen molar-refractivity contribution in [2.45, 2.75) is 0 Å². The first-order valence-electron chi connectivity index (χ1n) is 7.57. The van der Waals surface area contributed by atoms with Crippen molar-refractivity contribution in [2.24, 2.45) is 0 Å². The molecule has 3 aromatic rings. The van der Waals surface area contributed by atoms with Gasteiger partial charge in [0.25, 0.3) is 5.91 Å². The highest BCUT2D eigenvalue weighted by Gasteiger charge is 2.08. The molecule has 0 atom stereocenters. The van der Waals surface area contributed by atoms with Crippen molar-refractivity contribution in [1.82, 2.24) is 4.98 Å². The first kappa shape index (κ1) is 16.8. The van der Waals surface area contributed by atoms with E-state index in [0.717, 1.165) is 11.4 Å². The number of ether oxygens (including phenoxy) is 1. The van der Waals surface area contributed by atoms with Gasteiger partial charge in [-0.2, -0.15) is 0 Å². The summed E-state index contributed by atoms with van der Waals surface area (Å²) in [5, 5.41) is 6.63. The number of nitrogens with one attached hydrogen (secondary N) is 2. The zero-order valence-electron chi connectivity index (χ0n) is 13.5. The third kappa shape index (κ3) is 4.49. The third-order valence-electron chi connectivity index (χ3n) is 3.46. The number of pyridine rings is 1. The van der Waals surface area contributed by atoms with Crippen LogP contribution < -0.4 is 15.4 Å². The van der Waals surface area contributed by atoms with Crippen LogP contribution in [-0.2, 0) is 0 Å². The second-order valence-electron chi connectivity index (χ2n) is 5.28. The molecule has 25 heavy (non-hydrogen) atoms. The molecule has 3 rings (SSSR count). The summed E-state index contributed by atoms with van der Waals surface area (Å²) in [6.45, 7) is 0. The molecule has 0 aliphatic rings. The Morgan fingerprint density at radius 1 is 1.00 bits per heavy atom. The van der Waals surface area contributed by atoms with Gasteiger partial charge in [0.2, 0.25) is 0 Å². The summed E-state index contributed by atoms with van der Waals surface area (Å²) in [5.41, 5.74) is 2.65. The van der Waals surface area contributed by atoms with Crippen LogP contribution in [0.4, 0.5) is 17.1 Å². The Balaban J connectivity index is 1.72. The molecule has 0 spiro atoms. The zero-order valence-corrected chi connectivity index (χ0v) is 14.2. The van der Waals surface area contributed by atoms with Crippen molar-refractivity contribution in [1.29, 1.82) is 0 Å². The molecule has 0 unspecified atom stereocenters. The van der Waals surface area contributed by atoms with Crippen molar-refractivity contribution in [2.75, 3.05) is 17.7 Å². The van der Waals surface area contributed by atoms with Gasteiger partial charge in [0, 0.05) is 22.6 Å². The van der Waals surface area contributed by atoms with Crippen LogP contribution >= 0.6 is 11.6 Å². The second-order valence-corrected chi connectivity index (χ2v) is 5.72. The van der Waals surface area contributed by atoms with Gasteiger partial charge in [0.05, 0.1) is 24.6 Å². The van der Waals surface area contributed by atoms with Crippen LogP contribution in [-0.4, -0.2) is 18.0 Å². The van der Waals surface area contributed by atoms with Gasteiger partial charge in [0.1, 0.15) is 5.75 Å². The third-order valence-corrected chi connectivity index (χ3v) is 3.70. The highest BCUT2D eigenvalue weighted by Crippen LogP contribution is 2.21. The maximum Gasteiger partial charge on any atom is 0.257 e. The highest BCUT2D eigenvalue weighted by atomic mass is 35.5. The maximum atomic E-state index is 12.4. The Labute approximate surface area is 150 Å². The first-order valence-corrected chi connectivity index (χ1v) is 7.95. The summed E-state index contributed by atoms with van der Waals surface area (Å²) < 4.78 is 5.10. The number of nitrogens with zero attached hydrogens (tertiary/aromatic N) is 1. The Hall–Kier alpha value is -3.05. The summed E-state index contributed by atoms with van der Waals surface area (Å²) in [6, 6.07) is 16.2. The molecular weight excluding hydrogens is 338 g/mol. The van der Waals surface area contributed by atoms with Crippen LogP contribution in [0.2, 0.25) is 5.02 Å². The van der Waals surface area contributed by atoms with Crippen LogP contribution in [0.5, 0.6) is 5.75 Å². The van der Waals surface area contributed by atoms with Crippen molar-refractivity contribution >= 4 is 34.6 Å². The fourth-order valence-corrected chi connectivity index (χ4v) is 2.43. The van der Waals surface area contributed by atoms with E-state index in [4.69, 9.17) is 16.3 Å². The minimum Gasteiger partial charge on any atom is -0.497 e. The SMILES string of the molecule is COc1ccc(NC(=O)c2cncc(Nc3cccc(Cl)c3)c2)cc1. The van der Waals surface area contributed by atoms with Gasteiger partial charge in [-0.15, -0.1) is 0 Å². The highest BCUT2D eigenvalue weighted by molar-refractivity contribution is 6.30. The number of methoxy groups -OCH3 is 1. The molecule has 0 fully saturated rings. The Bertz CT molecular complexity index is 882. The number of aromatic nitrogens is 1. The lowest BCUT2D eigenvalue weighted by atomic mass is 10.2. The number of carbonyl (C=O) groups excluding carboxylic acids is 1. The topological polar surface area (TPSA) is 63.2 Å². The number of hydrogen-bond donors (Lipinski definition) is 2. The van der Waals surface area contributed by atoms with Gasteiger partial charge in [-0.25, -0.2) is 0 Å². The monoisotopic (exact) mass is 353 g/mol. The van der Waals surface area contributed by atoms with E-state index in [1.54, 1.807) is 55.8 Å². The van der Waals surface area contributed by atoms with E-state index in [1.807, 2.05) is 12.1 Å². The summed E-state index contributed by atoms with van der Waals surface area (Å²) in [4.78, 5) is 16.5. The van der Waals surface area contributed by atoms with Crippen LogP contribution in [0.25, 0.3) is 0 Å². The van der Waals surface area contributed by atoms with Gasteiger partial charge < -0.3 is 15.4 Å². The molecule has 6 heteroatoms. The minimum atomic E-state index is -0.243. The van der Waals surface area contributed by atoms with E-state index >= 15 is 0 Å². The molecule has 126 valence electrons. The zero-order chi connectivity index (χ0) is 17.6. The summed E-state index contributed by atoms with van der Waals surface area (Å²) in [7, 11) is 1.59. The smallest absolute Gasteiger partial charge is 0.257 e. The number of halogens is 1. The van der Waals surface area contributed by atoms with E-state index in [-0.39, 0.29) is 5.91 Å². The van der Waals surface area contributed by atoms with Crippen LogP contribution in [0.3, 0.4) is 0 Å². The number of carbonyl (C=O) groups is 1. The lowest BCUT2D eigenvalue weighted by Crippen LogP contribution is -2.12. The largest absolute Gasteiger partial charge is 0.497 e. The molecule has 0 aliphatic carbocycles. The molecule has 2 aromatic carbocycles. The molecule has 2 N–H and O–H groups in total. The number of rotatable bonds is 5. The Kier molecular flexibility index (Phi) is 5.16. The quantitative estimate of drug-likeness (QED) is 0.695. The fraction of sp³-hybridized carbons (Fsp3) is 0.0526. The molecule has 1 aromatic heterocycles. The lowest BCUT2D eigenvalue weighted by molar-refractivity contribution is 0.102. The molecular formula is C19H16ClN3O2. The van der Waals surface area contributed by atoms with E-state index in [0.29, 0.717) is 22.0 Å². The van der Waals surface area contributed by atoms with Crippen molar-refractivity contribution in [3.63, 3.8) is 0 Å². The molecule has 0 saturated carbocycles. The van der Waals surface area contributed by atoms with Crippen molar-refractivity contribution < 1.29 is 9.53 Å². The second kappa shape index (κ2) is 7.68. The summed E-state index contributed by atoms with van der Waals surface area (Å²) in [6.07, 6.45) is 3.16. The maximum absolute atomic E-state index is 12.4. The Morgan fingerprint density at radius 3 is 2.52 bits per heavy atom. The number of amides is 1. The molecule has 0 aliphatic heterocycles. The number of benzene rings is 2. The molecule has 0 bridgehead atoms. The van der Waals surface area contributed by atoms with Gasteiger partial charge in [-0.1, -0.05) is 17.7 Å². The fourth-order valence-electron chi connectivity index (χ4n) is 2.24. The van der Waals surface area contributed by atoms with Crippen molar-refractivity contribution in [3.05, 3.63) is 77.6 Å². The standard InChI is InChI=1S/C19H16ClN3O2/c1-25-18-7-5-15(6-8-18)23-19(24)13-9-17(12-21-11-13)22-16-4-2-3-14(20)10-16/h2-12,22H,1H3,(H,23,24). The molecule has 0 saturated heterocycles. The van der Waals surface area contributed by atoms with Gasteiger partial charge in [-0.05, 0) is 48.5 Å². The molecule has 5 nitrogen and oxygen atoms in total.